The molecule has 1 amide bonds. The largest absolute Gasteiger partial charge is 0.487 e. The molecule has 3 aromatic rings. The molecule has 0 bridgehead atoms. The van der Waals surface area contributed by atoms with Gasteiger partial charge in [-0.25, -0.2) is 18.4 Å². The Bertz CT molecular complexity index is 1220. The number of amides is 1. The van der Waals surface area contributed by atoms with Crippen LogP contribution >= 0.6 is 23.2 Å². The maximum atomic E-state index is 13.5. The minimum atomic E-state index is -4.33. The minimum Gasteiger partial charge on any atom is -0.487 e. The average Bonchev–Trinajstić information content (AvgIpc) is 3.38. The zero-order valence-electron chi connectivity index (χ0n) is 19.9. The van der Waals surface area contributed by atoms with Crippen LogP contribution in [0.1, 0.15) is 22.8 Å². The van der Waals surface area contributed by atoms with E-state index in [0.29, 0.717) is 5.02 Å². The zero-order chi connectivity index (χ0) is 28.1. The van der Waals surface area contributed by atoms with E-state index in [9.17, 15) is 32.6 Å². The smallest absolute Gasteiger partial charge is 0.340 e. The summed E-state index contributed by atoms with van der Waals surface area (Å²) in [5.74, 6) is -5.11. The topological polar surface area (TPSA) is 101 Å². The van der Waals surface area contributed by atoms with E-state index in [1.165, 1.54) is 64.7 Å². The first-order valence-electron chi connectivity index (χ1n) is 11.2. The van der Waals surface area contributed by atoms with Gasteiger partial charge in [-0.2, -0.15) is 13.9 Å². The molecule has 14 heteroatoms. The maximum absolute atomic E-state index is 13.5. The first-order valence-corrected chi connectivity index (χ1v) is 12.0. The summed E-state index contributed by atoms with van der Waals surface area (Å²) >= 11 is 12.4. The van der Waals surface area contributed by atoms with Gasteiger partial charge < -0.3 is 19.8 Å². The number of alkyl halides is 4. The minimum absolute atomic E-state index is 0.0589. The van der Waals surface area contributed by atoms with E-state index in [-0.39, 0.29) is 35.0 Å². The lowest BCUT2D eigenvalue weighted by molar-refractivity contribution is -0.148. The molecule has 0 fully saturated rings. The summed E-state index contributed by atoms with van der Waals surface area (Å²) in [5.41, 5.74) is -1.54. The van der Waals surface area contributed by atoms with E-state index in [4.69, 9.17) is 27.9 Å². The Kier molecular flexibility index (Phi) is 9.58. The second-order valence-corrected chi connectivity index (χ2v) is 9.26. The highest BCUT2D eigenvalue weighted by Gasteiger charge is 2.43. The first kappa shape index (κ1) is 29.6. The molecule has 2 atom stereocenters. The van der Waals surface area contributed by atoms with Crippen LogP contribution < -0.4 is 4.74 Å². The fourth-order valence-electron chi connectivity index (χ4n) is 3.78. The molecule has 0 saturated heterocycles. The molecule has 3 rings (SSSR count). The SMILES string of the molecule is C[C@@H](N(CCO)C(=O)c1ccc(OCC(F)(F)C(F)F)cc1)[C@](O)(Cn1cncn1)c1ccc(Cl)cc1Cl. The van der Waals surface area contributed by atoms with Crippen LogP contribution in [0.3, 0.4) is 0 Å². The third-order valence-electron chi connectivity index (χ3n) is 5.88. The molecule has 0 spiro atoms. The highest BCUT2D eigenvalue weighted by Crippen LogP contribution is 2.37. The normalized spacial score (nSPS) is 14.3. The lowest BCUT2D eigenvalue weighted by Crippen LogP contribution is -2.54. The number of halogens is 6. The van der Waals surface area contributed by atoms with E-state index in [0.717, 1.165) is 0 Å². The second-order valence-electron chi connectivity index (χ2n) is 8.41. The Morgan fingerprint density at radius 3 is 2.42 bits per heavy atom. The quantitative estimate of drug-likeness (QED) is 0.311. The maximum Gasteiger partial charge on any atom is 0.340 e. The van der Waals surface area contributed by atoms with E-state index in [2.05, 4.69) is 10.1 Å². The number of carbonyl (C=O) groups excluding carboxylic acids is 1. The summed E-state index contributed by atoms with van der Waals surface area (Å²) < 4.78 is 57.1. The molecule has 38 heavy (non-hydrogen) atoms. The van der Waals surface area contributed by atoms with E-state index >= 15 is 0 Å². The van der Waals surface area contributed by atoms with Gasteiger partial charge in [0, 0.05) is 27.7 Å². The number of aromatic nitrogens is 3. The molecule has 8 nitrogen and oxygen atoms in total. The summed E-state index contributed by atoms with van der Waals surface area (Å²) in [6, 6.07) is 8.32. The summed E-state index contributed by atoms with van der Waals surface area (Å²) in [4.78, 5) is 18.6. The van der Waals surface area contributed by atoms with Crippen molar-refractivity contribution >= 4 is 29.1 Å². The van der Waals surface area contributed by atoms with Crippen molar-refractivity contribution in [2.24, 2.45) is 0 Å². The third-order valence-corrected chi connectivity index (χ3v) is 6.43. The van der Waals surface area contributed by atoms with Gasteiger partial charge in [-0.1, -0.05) is 29.3 Å². The van der Waals surface area contributed by atoms with Gasteiger partial charge in [0.2, 0.25) is 0 Å². The number of ether oxygens (including phenoxy) is 1. The standard InChI is InChI=1S/C24H24Cl2F4N4O4/c1-15(23(37,11-33-14-31-13-32-33)19-7-4-17(25)10-20(19)26)34(8-9-35)21(36)16-2-5-18(6-3-16)38-12-24(29,30)22(27)28/h2-7,10,13-15,22,35,37H,8-9,11-12H2,1H3/t15-,23-/m1/s1. The fourth-order valence-corrected chi connectivity index (χ4v) is 4.36. The summed E-state index contributed by atoms with van der Waals surface area (Å²) in [6.07, 6.45) is -1.25. The van der Waals surface area contributed by atoms with Crippen molar-refractivity contribution in [3.8, 4) is 5.75 Å². The molecule has 0 aliphatic carbocycles. The zero-order valence-corrected chi connectivity index (χ0v) is 21.5. The van der Waals surface area contributed by atoms with Crippen molar-refractivity contribution in [1.29, 1.82) is 0 Å². The molecule has 0 radical (unpaired) electrons. The Morgan fingerprint density at radius 1 is 1.18 bits per heavy atom. The number of rotatable bonds is 12. The lowest BCUT2D eigenvalue weighted by atomic mass is 9.85. The average molecular weight is 579 g/mol. The number of aliphatic hydroxyl groups is 2. The van der Waals surface area contributed by atoms with Crippen LogP contribution in [-0.2, 0) is 12.1 Å². The van der Waals surface area contributed by atoms with E-state index < -0.39 is 43.1 Å². The monoisotopic (exact) mass is 578 g/mol. The second kappa shape index (κ2) is 12.3. The van der Waals surface area contributed by atoms with Crippen LogP contribution in [0.5, 0.6) is 5.75 Å². The number of nitrogens with zero attached hydrogens (tertiary/aromatic N) is 4. The van der Waals surface area contributed by atoms with Crippen LogP contribution in [0.2, 0.25) is 10.0 Å². The van der Waals surface area contributed by atoms with Gasteiger partial charge in [0.05, 0.1) is 19.2 Å². The van der Waals surface area contributed by atoms with Crippen LogP contribution in [0.15, 0.2) is 55.1 Å². The molecule has 0 aliphatic heterocycles. The van der Waals surface area contributed by atoms with Gasteiger partial charge >= 0.3 is 12.3 Å². The summed E-state index contributed by atoms with van der Waals surface area (Å²) in [5, 5.41) is 26.2. The van der Waals surface area contributed by atoms with Gasteiger partial charge in [-0.3, -0.25) is 4.79 Å². The van der Waals surface area contributed by atoms with Crippen molar-refractivity contribution in [1.82, 2.24) is 19.7 Å². The van der Waals surface area contributed by atoms with Crippen LogP contribution in [0.4, 0.5) is 17.6 Å². The van der Waals surface area contributed by atoms with Gasteiger partial charge in [0.1, 0.15) is 24.0 Å². The molecule has 0 unspecified atom stereocenters. The Hall–Kier alpha value is -2.93. The van der Waals surface area contributed by atoms with Crippen LogP contribution in [0, 0.1) is 0 Å². The number of benzene rings is 2. The fraction of sp³-hybridized carbons (Fsp3) is 0.375. The Balaban J connectivity index is 1.91. The van der Waals surface area contributed by atoms with E-state index in [1.807, 2.05) is 0 Å². The predicted octanol–water partition coefficient (Wildman–Crippen LogP) is 4.28. The Morgan fingerprint density at radius 2 is 1.87 bits per heavy atom. The highest BCUT2D eigenvalue weighted by atomic mass is 35.5. The molecule has 2 N–H and O–H groups in total. The number of aliphatic hydroxyl groups excluding tert-OH is 1. The van der Waals surface area contributed by atoms with Gasteiger partial charge in [-0.05, 0) is 43.3 Å². The van der Waals surface area contributed by atoms with Gasteiger partial charge in [-0.15, -0.1) is 0 Å². The molecular weight excluding hydrogens is 555 g/mol. The molecule has 1 heterocycles. The van der Waals surface area contributed by atoms with Gasteiger partial charge in [0.15, 0.2) is 6.61 Å². The molecule has 1 aromatic heterocycles. The molecule has 0 aliphatic rings. The van der Waals surface area contributed by atoms with Crippen LogP contribution in [-0.4, -0.2) is 73.9 Å². The number of hydrogen-bond donors (Lipinski definition) is 2. The molecule has 206 valence electrons. The highest BCUT2D eigenvalue weighted by molar-refractivity contribution is 6.35. The van der Waals surface area contributed by atoms with Crippen LogP contribution in [0.25, 0.3) is 0 Å². The van der Waals surface area contributed by atoms with Crippen molar-refractivity contribution < 1.29 is 37.3 Å². The Labute approximate surface area is 225 Å². The van der Waals surface area contributed by atoms with Crippen molar-refractivity contribution in [3.63, 3.8) is 0 Å². The summed E-state index contributed by atoms with van der Waals surface area (Å²) in [7, 11) is 0. The van der Waals surface area contributed by atoms with Gasteiger partial charge in [0.25, 0.3) is 5.91 Å². The van der Waals surface area contributed by atoms with Crippen molar-refractivity contribution in [2.75, 3.05) is 19.8 Å². The number of carbonyl (C=O) groups is 1. The van der Waals surface area contributed by atoms with Crippen molar-refractivity contribution in [2.45, 2.75) is 37.5 Å². The van der Waals surface area contributed by atoms with E-state index in [1.54, 1.807) is 6.92 Å². The number of hydrogen-bond acceptors (Lipinski definition) is 6. The third kappa shape index (κ3) is 6.73. The molecule has 2 aromatic carbocycles. The predicted molar refractivity (Wildman–Crippen MR) is 131 cm³/mol. The first-order chi connectivity index (χ1) is 17.9. The van der Waals surface area contributed by atoms with Crippen molar-refractivity contribution in [3.05, 3.63) is 76.3 Å². The molecule has 0 saturated carbocycles. The summed E-state index contributed by atoms with van der Waals surface area (Å²) in [6.45, 7) is -0.796. The molecular formula is C24H24Cl2F4N4O4. The lowest BCUT2D eigenvalue weighted by Gasteiger charge is -2.41.